The molecule has 1 aliphatic carbocycles. The van der Waals surface area contributed by atoms with Gasteiger partial charge >= 0.3 is 5.97 Å². The van der Waals surface area contributed by atoms with Crippen LogP contribution in [0.1, 0.15) is 46.5 Å². The molecule has 2 atom stereocenters. The van der Waals surface area contributed by atoms with Crippen molar-refractivity contribution < 1.29 is 24.3 Å². The van der Waals surface area contributed by atoms with E-state index in [1.165, 1.54) is 0 Å². The van der Waals surface area contributed by atoms with E-state index in [0.29, 0.717) is 34.2 Å². The minimum Gasteiger partial charge on any atom is -0.480 e. The molecule has 0 saturated heterocycles. The molecular weight excluding hydrogens is 372 g/mol. The highest BCUT2D eigenvalue weighted by Gasteiger charge is 2.32. The normalized spacial score (nSPS) is 13.8. The second kappa shape index (κ2) is 8.26. The number of carboxylic acid groups (broad SMARTS) is 1. The van der Waals surface area contributed by atoms with Crippen molar-refractivity contribution in [3.63, 3.8) is 0 Å². The number of carboxylic acids is 1. The minimum atomic E-state index is -1.16. The first-order chi connectivity index (χ1) is 13.8. The van der Waals surface area contributed by atoms with Crippen molar-refractivity contribution in [2.45, 2.75) is 26.3 Å². The molecule has 2 aromatic rings. The van der Waals surface area contributed by atoms with Crippen LogP contribution in [-0.2, 0) is 9.59 Å². The Morgan fingerprint density at radius 3 is 2.31 bits per heavy atom. The van der Waals surface area contributed by atoms with Gasteiger partial charge in [-0.1, -0.05) is 56.7 Å². The van der Waals surface area contributed by atoms with Gasteiger partial charge in [-0.2, -0.15) is 0 Å². The van der Waals surface area contributed by atoms with Crippen LogP contribution < -0.4 is 10.6 Å². The molecule has 3 N–H and O–H groups in total. The summed E-state index contributed by atoms with van der Waals surface area (Å²) in [5.74, 6) is -2.55. The third-order valence-electron chi connectivity index (χ3n) is 5.19. The lowest BCUT2D eigenvalue weighted by atomic mass is 9.95. The average Bonchev–Trinajstić information content (AvgIpc) is 3.02. The van der Waals surface area contributed by atoms with Gasteiger partial charge in [0.15, 0.2) is 5.78 Å². The highest BCUT2D eigenvalue weighted by atomic mass is 16.4. The molecule has 0 bridgehead atoms. The van der Waals surface area contributed by atoms with Crippen LogP contribution in [0.25, 0.3) is 11.1 Å². The molecule has 0 heterocycles. The number of fused-ring (bicyclic) bond motifs is 3. The maximum absolute atomic E-state index is 13.1. The Bertz CT molecular complexity index is 998. The predicted molar refractivity (Wildman–Crippen MR) is 107 cm³/mol. The van der Waals surface area contributed by atoms with Gasteiger partial charge in [0.2, 0.25) is 5.91 Å². The number of rotatable bonds is 7. The van der Waals surface area contributed by atoms with Crippen LogP contribution in [0.15, 0.2) is 42.5 Å². The summed E-state index contributed by atoms with van der Waals surface area (Å²) >= 11 is 0. The average molecular weight is 394 g/mol. The molecule has 0 spiro atoms. The van der Waals surface area contributed by atoms with E-state index in [-0.39, 0.29) is 11.7 Å². The van der Waals surface area contributed by atoms with Crippen LogP contribution >= 0.6 is 0 Å². The molecule has 2 aromatic carbocycles. The molecule has 0 aliphatic heterocycles. The fraction of sp³-hybridized carbons (Fsp3) is 0.273. The molecule has 0 fully saturated rings. The van der Waals surface area contributed by atoms with Gasteiger partial charge in [-0.25, -0.2) is 0 Å². The Kier molecular flexibility index (Phi) is 5.77. The smallest absolute Gasteiger partial charge is 0.322 e. The molecule has 7 heteroatoms. The summed E-state index contributed by atoms with van der Waals surface area (Å²) in [5, 5.41) is 13.8. The van der Waals surface area contributed by atoms with Gasteiger partial charge in [-0.3, -0.25) is 19.2 Å². The monoisotopic (exact) mass is 394 g/mol. The van der Waals surface area contributed by atoms with E-state index >= 15 is 0 Å². The number of aliphatic carboxylic acids is 1. The van der Waals surface area contributed by atoms with Gasteiger partial charge in [0.05, 0.1) is 0 Å². The molecule has 7 nitrogen and oxygen atoms in total. The van der Waals surface area contributed by atoms with Gasteiger partial charge in [-0.05, 0) is 17.5 Å². The summed E-state index contributed by atoms with van der Waals surface area (Å²) in [4.78, 5) is 48.9. The second-order valence-electron chi connectivity index (χ2n) is 7.05. The number of carbonyl (C=O) groups is 4. The number of ketones is 1. The molecule has 29 heavy (non-hydrogen) atoms. The Morgan fingerprint density at radius 1 is 1.00 bits per heavy atom. The molecule has 1 aliphatic rings. The number of hydrogen-bond acceptors (Lipinski definition) is 4. The van der Waals surface area contributed by atoms with Crippen molar-refractivity contribution in [3.05, 3.63) is 59.2 Å². The Balaban J connectivity index is 1.92. The lowest BCUT2D eigenvalue weighted by molar-refractivity contribution is -0.138. The number of carbonyl (C=O) groups excluding carboxylic acids is 3. The quantitative estimate of drug-likeness (QED) is 0.569. The van der Waals surface area contributed by atoms with Crippen molar-refractivity contribution in [2.24, 2.45) is 5.92 Å². The molecule has 2 amide bonds. The van der Waals surface area contributed by atoms with Gasteiger partial charge in [-0.15, -0.1) is 0 Å². The number of benzene rings is 2. The van der Waals surface area contributed by atoms with Gasteiger partial charge in [0.1, 0.15) is 12.6 Å². The topological polar surface area (TPSA) is 113 Å². The zero-order valence-corrected chi connectivity index (χ0v) is 16.2. The highest BCUT2D eigenvalue weighted by molar-refractivity contribution is 6.24. The zero-order valence-electron chi connectivity index (χ0n) is 16.2. The number of amides is 2. The zero-order chi connectivity index (χ0) is 21.1. The predicted octanol–water partition coefficient (Wildman–Crippen LogP) is 2.24. The van der Waals surface area contributed by atoms with Crippen LogP contribution in [0.5, 0.6) is 0 Å². The standard InChI is InChI=1S/C22H22N2O5/c1-3-12(2)19(22(29)23-11-17(25)26)24-21(28)16-10-6-9-15-18(16)13-7-4-5-8-14(13)20(15)27/h4-10,12,19H,3,11H2,1-2H3,(H,23,29)(H,24,28)(H,25,26). The first-order valence-electron chi connectivity index (χ1n) is 9.42. The summed E-state index contributed by atoms with van der Waals surface area (Å²) in [6.07, 6.45) is 0.611. The van der Waals surface area contributed by atoms with E-state index in [1.54, 1.807) is 49.4 Å². The second-order valence-corrected chi connectivity index (χ2v) is 7.05. The molecule has 150 valence electrons. The Morgan fingerprint density at radius 2 is 1.66 bits per heavy atom. The highest BCUT2D eigenvalue weighted by Crippen LogP contribution is 2.38. The van der Waals surface area contributed by atoms with Crippen molar-refractivity contribution in [3.8, 4) is 11.1 Å². The summed E-state index contributed by atoms with van der Waals surface area (Å²) in [6, 6.07) is 11.1. The van der Waals surface area contributed by atoms with Crippen molar-refractivity contribution in [1.82, 2.24) is 10.6 Å². The minimum absolute atomic E-state index is 0.136. The van der Waals surface area contributed by atoms with Gasteiger partial charge < -0.3 is 15.7 Å². The SMILES string of the molecule is CCC(C)C(NC(=O)c1cccc2c1-c1ccccc1C2=O)C(=O)NCC(=O)O. The van der Waals surface area contributed by atoms with Crippen LogP contribution in [0.4, 0.5) is 0 Å². The van der Waals surface area contributed by atoms with Gasteiger partial charge in [0, 0.05) is 22.3 Å². The number of hydrogen-bond donors (Lipinski definition) is 3. The maximum atomic E-state index is 13.1. The van der Waals surface area contributed by atoms with Crippen molar-refractivity contribution >= 4 is 23.6 Å². The molecular formula is C22H22N2O5. The Hall–Kier alpha value is -3.48. The fourth-order valence-electron chi connectivity index (χ4n) is 3.46. The van der Waals surface area contributed by atoms with Crippen molar-refractivity contribution in [2.75, 3.05) is 6.54 Å². The van der Waals surface area contributed by atoms with E-state index in [0.717, 1.165) is 0 Å². The van der Waals surface area contributed by atoms with E-state index in [1.807, 2.05) is 6.92 Å². The first kappa shape index (κ1) is 20.3. The van der Waals surface area contributed by atoms with E-state index in [4.69, 9.17) is 5.11 Å². The maximum Gasteiger partial charge on any atom is 0.322 e. The summed E-state index contributed by atoms with van der Waals surface area (Å²) in [6.45, 7) is 3.16. The van der Waals surface area contributed by atoms with Crippen LogP contribution in [0.3, 0.4) is 0 Å². The molecule has 0 saturated carbocycles. The van der Waals surface area contributed by atoms with Gasteiger partial charge in [0.25, 0.3) is 5.91 Å². The molecule has 2 unspecified atom stereocenters. The van der Waals surface area contributed by atoms with E-state index in [9.17, 15) is 19.2 Å². The molecule has 3 rings (SSSR count). The van der Waals surface area contributed by atoms with E-state index < -0.39 is 30.4 Å². The molecule has 0 aromatic heterocycles. The lowest BCUT2D eigenvalue weighted by Crippen LogP contribution is -2.51. The summed E-state index contributed by atoms with van der Waals surface area (Å²) in [7, 11) is 0. The van der Waals surface area contributed by atoms with E-state index in [2.05, 4.69) is 10.6 Å². The third-order valence-corrected chi connectivity index (χ3v) is 5.19. The van der Waals surface area contributed by atoms with Crippen molar-refractivity contribution in [1.29, 1.82) is 0 Å². The summed E-state index contributed by atoms with van der Waals surface area (Å²) < 4.78 is 0. The summed E-state index contributed by atoms with van der Waals surface area (Å²) in [5.41, 5.74) is 2.54. The fourth-order valence-corrected chi connectivity index (χ4v) is 3.46. The number of nitrogens with one attached hydrogen (secondary N) is 2. The molecule has 0 radical (unpaired) electrons. The van der Waals surface area contributed by atoms with Crippen LogP contribution in [0.2, 0.25) is 0 Å². The third kappa shape index (κ3) is 3.89. The lowest BCUT2D eigenvalue weighted by Gasteiger charge is -2.23. The van der Waals surface area contributed by atoms with Crippen LogP contribution in [-0.4, -0.2) is 41.3 Å². The van der Waals surface area contributed by atoms with Crippen LogP contribution in [0, 0.1) is 5.92 Å². The first-order valence-corrected chi connectivity index (χ1v) is 9.42. The Labute approximate surface area is 168 Å². The largest absolute Gasteiger partial charge is 0.480 e.